The Labute approximate surface area is 125 Å². The van der Waals surface area contributed by atoms with Gasteiger partial charge in [0.2, 0.25) is 0 Å². The summed E-state index contributed by atoms with van der Waals surface area (Å²) in [5.74, 6) is -0.0554. The maximum atomic E-state index is 11.8. The quantitative estimate of drug-likeness (QED) is 0.797. The van der Waals surface area contributed by atoms with Gasteiger partial charge >= 0.3 is 5.97 Å². The molecule has 1 atom stereocenters. The minimum Gasteiger partial charge on any atom is -0.466 e. The minimum atomic E-state index is -0.0628. The summed E-state index contributed by atoms with van der Waals surface area (Å²) >= 11 is 6.28. The Morgan fingerprint density at radius 3 is 3.00 bits per heavy atom. The number of benzene rings is 1. The maximum absolute atomic E-state index is 11.8. The molecule has 110 valence electrons. The molecule has 1 heterocycles. The summed E-state index contributed by atoms with van der Waals surface area (Å²) in [6.45, 7) is 6.93. The molecule has 20 heavy (non-hydrogen) atoms. The Morgan fingerprint density at radius 2 is 2.30 bits per heavy atom. The number of likely N-dealkylation sites (tertiary alicyclic amines) is 1. The summed E-state index contributed by atoms with van der Waals surface area (Å²) in [5.41, 5.74) is 2.29. The van der Waals surface area contributed by atoms with E-state index in [1.165, 1.54) is 5.56 Å². The summed E-state index contributed by atoms with van der Waals surface area (Å²) < 4.78 is 5.13. The van der Waals surface area contributed by atoms with Gasteiger partial charge in [-0.1, -0.05) is 23.7 Å². The van der Waals surface area contributed by atoms with Crippen LogP contribution in [-0.4, -0.2) is 30.6 Å². The molecule has 3 nitrogen and oxygen atoms in total. The second-order valence-electron chi connectivity index (χ2n) is 5.42. The first-order valence-electron chi connectivity index (χ1n) is 7.24. The number of piperidine rings is 1. The van der Waals surface area contributed by atoms with Gasteiger partial charge in [-0.2, -0.15) is 0 Å². The number of nitrogens with zero attached hydrogens (tertiary/aromatic N) is 1. The fraction of sp³-hybridized carbons (Fsp3) is 0.562. The predicted octanol–water partition coefficient (Wildman–Crippen LogP) is 3.42. The highest BCUT2D eigenvalue weighted by atomic mass is 35.5. The van der Waals surface area contributed by atoms with Crippen LogP contribution in [-0.2, 0) is 16.1 Å². The van der Waals surface area contributed by atoms with Crippen LogP contribution >= 0.6 is 11.6 Å². The van der Waals surface area contributed by atoms with Gasteiger partial charge in [-0.05, 0) is 50.4 Å². The van der Waals surface area contributed by atoms with Gasteiger partial charge in [-0.25, -0.2) is 0 Å². The Bertz CT molecular complexity index is 476. The summed E-state index contributed by atoms with van der Waals surface area (Å²) in [7, 11) is 0. The van der Waals surface area contributed by atoms with Gasteiger partial charge in [0.1, 0.15) is 0 Å². The molecule has 0 bridgehead atoms. The first-order chi connectivity index (χ1) is 9.60. The van der Waals surface area contributed by atoms with Gasteiger partial charge in [0.15, 0.2) is 0 Å². The first kappa shape index (κ1) is 15.3. The van der Waals surface area contributed by atoms with E-state index in [4.69, 9.17) is 16.3 Å². The normalized spacial score (nSPS) is 19.9. The van der Waals surface area contributed by atoms with Crippen molar-refractivity contribution in [1.29, 1.82) is 0 Å². The van der Waals surface area contributed by atoms with E-state index in [-0.39, 0.29) is 11.9 Å². The summed E-state index contributed by atoms with van der Waals surface area (Å²) in [6.07, 6.45) is 1.96. The van der Waals surface area contributed by atoms with Crippen molar-refractivity contribution in [3.05, 3.63) is 34.3 Å². The van der Waals surface area contributed by atoms with Crippen molar-refractivity contribution < 1.29 is 9.53 Å². The molecule has 1 aliphatic rings. The number of carbonyl (C=O) groups is 1. The van der Waals surface area contributed by atoms with E-state index >= 15 is 0 Å². The van der Waals surface area contributed by atoms with Gasteiger partial charge in [-0.3, -0.25) is 9.69 Å². The van der Waals surface area contributed by atoms with E-state index in [1.807, 2.05) is 19.9 Å². The lowest BCUT2D eigenvalue weighted by atomic mass is 9.97. The summed E-state index contributed by atoms with van der Waals surface area (Å²) in [6, 6.07) is 6.14. The molecule has 1 saturated heterocycles. The number of halogens is 1. The number of carbonyl (C=O) groups excluding carboxylic acids is 1. The number of hydrogen-bond donors (Lipinski definition) is 0. The molecule has 0 spiro atoms. The zero-order chi connectivity index (χ0) is 14.5. The van der Waals surface area contributed by atoms with Gasteiger partial charge in [0, 0.05) is 18.1 Å². The van der Waals surface area contributed by atoms with Crippen LogP contribution in [0.25, 0.3) is 0 Å². The zero-order valence-electron chi connectivity index (χ0n) is 12.2. The highest BCUT2D eigenvalue weighted by Crippen LogP contribution is 2.23. The average molecular weight is 296 g/mol. The number of ether oxygens (including phenoxy) is 1. The summed E-state index contributed by atoms with van der Waals surface area (Å²) in [4.78, 5) is 14.1. The van der Waals surface area contributed by atoms with Gasteiger partial charge in [0.05, 0.1) is 12.5 Å². The number of aryl methyl sites for hydroxylation is 1. The molecule has 2 rings (SSSR count). The monoisotopic (exact) mass is 295 g/mol. The number of hydrogen-bond acceptors (Lipinski definition) is 3. The van der Waals surface area contributed by atoms with E-state index in [2.05, 4.69) is 17.0 Å². The SMILES string of the molecule is CCOC(=O)[C@@H]1CCCN(Cc2ccc(C)cc2Cl)C1. The van der Waals surface area contributed by atoms with Crippen molar-refractivity contribution in [3.63, 3.8) is 0 Å². The third-order valence-electron chi connectivity index (χ3n) is 3.73. The molecular weight excluding hydrogens is 274 g/mol. The molecule has 1 aromatic carbocycles. The molecule has 0 amide bonds. The smallest absolute Gasteiger partial charge is 0.310 e. The molecule has 0 radical (unpaired) electrons. The van der Waals surface area contributed by atoms with Crippen molar-refractivity contribution in [2.75, 3.05) is 19.7 Å². The topological polar surface area (TPSA) is 29.5 Å². The lowest BCUT2D eigenvalue weighted by Gasteiger charge is -2.31. The zero-order valence-corrected chi connectivity index (χ0v) is 12.9. The van der Waals surface area contributed by atoms with Crippen molar-refractivity contribution in [1.82, 2.24) is 4.90 Å². The molecular formula is C16H22ClNO2. The lowest BCUT2D eigenvalue weighted by Crippen LogP contribution is -2.39. The standard InChI is InChI=1S/C16H22ClNO2/c1-3-20-16(19)14-5-4-8-18(11-14)10-13-7-6-12(2)9-15(13)17/h6-7,9,14H,3-5,8,10-11H2,1-2H3/t14-/m1/s1. The number of rotatable bonds is 4. The van der Waals surface area contributed by atoms with Crippen molar-refractivity contribution in [3.8, 4) is 0 Å². The van der Waals surface area contributed by atoms with Crippen molar-refractivity contribution in [2.45, 2.75) is 33.2 Å². The number of esters is 1. The fourth-order valence-corrected chi connectivity index (χ4v) is 2.97. The maximum Gasteiger partial charge on any atom is 0.310 e. The Balaban J connectivity index is 1.97. The van der Waals surface area contributed by atoms with E-state index in [1.54, 1.807) is 0 Å². The molecule has 0 saturated carbocycles. The van der Waals surface area contributed by atoms with E-state index in [0.29, 0.717) is 6.61 Å². The van der Waals surface area contributed by atoms with Gasteiger partial charge in [-0.15, -0.1) is 0 Å². The van der Waals surface area contributed by atoms with Crippen LogP contribution in [0.15, 0.2) is 18.2 Å². The van der Waals surface area contributed by atoms with Crippen LogP contribution in [0.4, 0.5) is 0 Å². The Morgan fingerprint density at radius 1 is 1.50 bits per heavy atom. The van der Waals surface area contributed by atoms with Crippen LogP contribution < -0.4 is 0 Å². The molecule has 0 N–H and O–H groups in total. The molecule has 4 heteroatoms. The fourth-order valence-electron chi connectivity index (χ4n) is 2.67. The van der Waals surface area contributed by atoms with Gasteiger partial charge in [0.25, 0.3) is 0 Å². The van der Waals surface area contributed by atoms with Gasteiger partial charge < -0.3 is 4.74 Å². The third-order valence-corrected chi connectivity index (χ3v) is 4.08. The minimum absolute atomic E-state index is 0.00734. The second-order valence-corrected chi connectivity index (χ2v) is 5.83. The average Bonchev–Trinajstić information content (AvgIpc) is 2.43. The van der Waals surface area contributed by atoms with E-state index in [9.17, 15) is 4.79 Å². The van der Waals surface area contributed by atoms with Crippen LogP contribution in [0, 0.1) is 12.8 Å². The summed E-state index contributed by atoms with van der Waals surface area (Å²) in [5, 5.41) is 0.809. The third kappa shape index (κ3) is 3.97. The van der Waals surface area contributed by atoms with Crippen molar-refractivity contribution in [2.24, 2.45) is 5.92 Å². The van der Waals surface area contributed by atoms with Crippen LogP contribution in [0.1, 0.15) is 30.9 Å². The molecule has 0 aliphatic carbocycles. The highest BCUT2D eigenvalue weighted by molar-refractivity contribution is 6.31. The van der Waals surface area contributed by atoms with E-state index < -0.39 is 0 Å². The highest BCUT2D eigenvalue weighted by Gasteiger charge is 2.26. The molecule has 1 aromatic rings. The molecule has 1 fully saturated rings. The van der Waals surface area contributed by atoms with Crippen molar-refractivity contribution >= 4 is 17.6 Å². The predicted molar refractivity (Wildman–Crippen MR) is 80.8 cm³/mol. The largest absolute Gasteiger partial charge is 0.466 e. The second kappa shape index (κ2) is 7.09. The Hall–Kier alpha value is -1.06. The molecule has 0 unspecified atom stereocenters. The Kier molecular flexibility index (Phi) is 5.44. The molecule has 0 aromatic heterocycles. The van der Waals surface area contributed by atoms with E-state index in [0.717, 1.165) is 43.1 Å². The molecule has 1 aliphatic heterocycles. The van der Waals surface area contributed by atoms with Crippen LogP contribution in [0.5, 0.6) is 0 Å². The first-order valence-corrected chi connectivity index (χ1v) is 7.62. The van der Waals surface area contributed by atoms with Crippen LogP contribution in [0.2, 0.25) is 5.02 Å². The lowest BCUT2D eigenvalue weighted by molar-refractivity contribution is -0.150. The van der Waals surface area contributed by atoms with Crippen LogP contribution in [0.3, 0.4) is 0 Å².